The molecule has 1 atom stereocenters. The van der Waals surface area contributed by atoms with E-state index in [1.165, 1.54) is 0 Å². The molecule has 1 aliphatic heterocycles. The number of nitrogens with zero attached hydrogens (tertiary/aromatic N) is 1. The van der Waals surface area contributed by atoms with Crippen LogP contribution in [0.25, 0.3) is 0 Å². The molecule has 0 radical (unpaired) electrons. The van der Waals surface area contributed by atoms with E-state index >= 15 is 0 Å². The average Bonchev–Trinajstić information content (AvgIpc) is 2.72. The van der Waals surface area contributed by atoms with Crippen LogP contribution in [0, 0.1) is 0 Å². The molecule has 0 saturated carbocycles. The summed E-state index contributed by atoms with van der Waals surface area (Å²) in [7, 11) is 0. The van der Waals surface area contributed by atoms with Crippen LogP contribution in [0.1, 0.15) is 33.6 Å². The molecule has 0 aliphatic carbocycles. The molecule has 1 aliphatic rings. The summed E-state index contributed by atoms with van der Waals surface area (Å²) in [4.78, 5) is 24.6. The minimum Gasteiger partial charge on any atom is -0.480 e. The molecule has 0 aromatic rings. The van der Waals surface area contributed by atoms with Gasteiger partial charge in [0, 0.05) is 6.54 Å². The Morgan fingerprint density at radius 2 is 2.11 bits per heavy atom. The van der Waals surface area contributed by atoms with E-state index in [0.717, 1.165) is 6.42 Å². The summed E-state index contributed by atoms with van der Waals surface area (Å²) in [5, 5.41) is 11.6. The van der Waals surface area contributed by atoms with E-state index < -0.39 is 23.7 Å². The molecule has 19 heavy (non-hydrogen) atoms. The third-order valence-corrected chi connectivity index (χ3v) is 3.02. The molecule has 7 heteroatoms. The smallest absolute Gasteiger partial charge is 0.408 e. The second kappa shape index (κ2) is 6.18. The van der Waals surface area contributed by atoms with E-state index in [-0.39, 0.29) is 6.54 Å². The first-order valence-electron chi connectivity index (χ1n) is 6.20. The van der Waals surface area contributed by atoms with Gasteiger partial charge >= 0.3 is 12.1 Å². The summed E-state index contributed by atoms with van der Waals surface area (Å²) < 4.78 is 5.08. The average molecular weight is 288 g/mol. The van der Waals surface area contributed by atoms with Crippen molar-refractivity contribution >= 4 is 29.3 Å². The number of hydrogen-bond acceptors (Lipinski definition) is 4. The molecule has 2 N–H and O–H groups in total. The molecule has 0 aromatic heterocycles. The van der Waals surface area contributed by atoms with Gasteiger partial charge in [-0.25, -0.2) is 9.59 Å². The lowest BCUT2D eigenvalue weighted by Crippen LogP contribution is -2.45. The number of carbonyl (C=O) groups is 2. The Balaban J connectivity index is 2.43. The van der Waals surface area contributed by atoms with Gasteiger partial charge in [-0.1, -0.05) is 12.2 Å². The number of aliphatic carboxylic acids is 1. The maximum Gasteiger partial charge on any atom is 0.408 e. The Morgan fingerprint density at radius 1 is 1.47 bits per heavy atom. The third kappa shape index (κ3) is 5.02. The quantitative estimate of drug-likeness (QED) is 0.764. The highest BCUT2D eigenvalue weighted by Crippen LogP contribution is 2.18. The monoisotopic (exact) mass is 288 g/mol. The Bertz CT molecular complexity index is 378. The van der Waals surface area contributed by atoms with Crippen LogP contribution in [0.15, 0.2) is 0 Å². The minimum absolute atomic E-state index is 0.119. The van der Waals surface area contributed by atoms with Gasteiger partial charge in [-0.3, -0.25) is 0 Å². The summed E-state index contributed by atoms with van der Waals surface area (Å²) in [6.45, 7) is 6.04. The van der Waals surface area contributed by atoms with Crippen LogP contribution >= 0.6 is 12.2 Å². The van der Waals surface area contributed by atoms with E-state index in [2.05, 4.69) is 5.32 Å². The van der Waals surface area contributed by atoms with Crippen LogP contribution in [-0.4, -0.2) is 51.8 Å². The first kappa shape index (κ1) is 15.7. The number of ether oxygens (including phenoxy) is 1. The number of carboxylic acids is 1. The lowest BCUT2D eigenvalue weighted by molar-refractivity contribution is -0.140. The zero-order valence-corrected chi connectivity index (χ0v) is 12.2. The largest absolute Gasteiger partial charge is 0.480 e. The number of amides is 1. The van der Waals surface area contributed by atoms with Crippen molar-refractivity contribution in [3.63, 3.8) is 0 Å². The molecule has 6 nitrogen and oxygen atoms in total. The van der Waals surface area contributed by atoms with Crippen molar-refractivity contribution in [3.8, 4) is 0 Å². The van der Waals surface area contributed by atoms with Crippen LogP contribution in [0.2, 0.25) is 0 Å². The Hall–Kier alpha value is -1.37. The van der Waals surface area contributed by atoms with E-state index in [0.29, 0.717) is 18.0 Å². The fourth-order valence-corrected chi connectivity index (χ4v) is 2.18. The van der Waals surface area contributed by atoms with Crippen molar-refractivity contribution in [3.05, 3.63) is 0 Å². The van der Waals surface area contributed by atoms with Gasteiger partial charge in [0.2, 0.25) is 0 Å². The summed E-state index contributed by atoms with van der Waals surface area (Å²) in [6, 6.07) is -0.576. The molecule has 1 heterocycles. The normalized spacial score (nSPS) is 19.1. The van der Waals surface area contributed by atoms with E-state index in [1.54, 1.807) is 25.7 Å². The summed E-state index contributed by atoms with van der Waals surface area (Å²) >= 11 is 5.16. The van der Waals surface area contributed by atoms with Crippen molar-refractivity contribution in [1.29, 1.82) is 0 Å². The number of hydrogen-bond donors (Lipinski definition) is 2. The Labute approximate surface area is 118 Å². The highest BCUT2D eigenvalue weighted by molar-refractivity contribution is 7.80. The third-order valence-electron chi connectivity index (χ3n) is 2.64. The summed E-state index contributed by atoms with van der Waals surface area (Å²) in [6.07, 6.45) is 0.826. The van der Waals surface area contributed by atoms with Gasteiger partial charge in [0.05, 0.1) is 11.5 Å². The first-order chi connectivity index (χ1) is 8.70. The van der Waals surface area contributed by atoms with Gasteiger partial charge in [-0.05, 0) is 33.6 Å². The predicted molar refractivity (Wildman–Crippen MR) is 74.2 cm³/mol. The van der Waals surface area contributed by atoms with Crippen molar-refractivity contribution in [2.24, 2.45) is 0 Å². The lowest BCUT2D eigenvalue weighted by Gasteiger charge is -2.25. The molecule has 1 amide bonds. The van der Waals surface area contributed by atoms with Crippen molar-refractivity contribution in [2.75, 3.05) is 13.1 Å². The van der Waals surface area contributed by atoms with Gasteiger partial charge in [0.15, 0.2) is 0 Å². The fourth-order valence-electron chi connectivity index (χ4n) is 1.89. The predicted octanol–water partition coefficient (Wildman–Crippen LogP) is 1.39. The number of likely N-dealkylation sites (tertiary alicyclic amines) is 1. The maximum absolute atomic E-state index is 11.5. The molecule has 1 saturated heterocycles. The van der Waals surface area contributed by atoms with E-state index in [1.807, 2.05) is 0 Å². The molecule has 0 aromatic carbocycles. The molecule has 0 spiro atoms. The molecule has 1 rings (SSSR count). The second-order valence-corrected chi connectivity index (χ2v) is 5.91. The number of carbonyl (C=O) groups excluding carboxylic acids is 1. The minimum atomic E-state index is -0.878. The lowest BCUT2D eigenvalue weighted by atomic mass is 10.2. The zero-order valence-electron chi connectivity index (χ0n) is 11.4. The number of alkyl carbamates (subject to hydrolysis) is 1. The van der Waals surface area contributed by atoms with Crippen LogP contribution < -0.4 is 5.32 Å². The molecular formula is C12H20N2O4S. The summed E-state index contributed by atoms with van der Waals surface area (Å²) in [5.41, 5.74) is -0.567. The topological polar surface area (TPSA) is 78.9 Å². The zero-order chi connectivity index (χ0) is 14.6. The number of nitrogens with one attached hydrogen (secondary N) is 1. The molecule has 108 valence electrons. The van der Waals surface area contributed by atoms with E-state index in [9.17, 15) is 9.59 Å². The number of thiocarbonyl (C=S) groups is 1. The van der Waals surface area contributed by atoms with Crippen LogP contribution in [0.4, 0.5) is 4.79 Å². The molecule has 0 bridgehead atoms. The van der Waals surface area contributed by atoms with Crippen LogP contribution in [0.3, 0.4) is 0 Å². The number of rotatable bonds is 3. The van der Waals surface area contributed by atoms with Crippen molar-refractivity contribution < 1.29 is 19.4 Å². The standard InChI is InChI=1S/C12H20N2O4S/c1-12(2,3)18-11(17)13-7-9(19)14-6-4-5-8(14)10(15)16/h8H,4-7H2,1-3H3,(H,13,17)(H,15,16)/t8-/m1/s1. The van der Waals surface area contributed by atoms with Crippen molar-refractivity contribution in [2.45, 2.75) is 45.3 Å². The molecule has 1 fully saturated rings. The van der Waals surface area contributed by atoms with Crippen molar-refractivity contribution in [1.82, 2.24) is 10.2 Å². The Kier molecular flexibility index (Phi) is 5.11. The van der Waals surface area contributed by atoms with Gasteiger partial charge in [0.1, 0.15) is 11.6 Å². The van der Waals surface area contributed by atoms with Gasteiger partial charge in [-0.15, -0.1) is 0 Å². The van der Waals surface area contributed by atoms with Crippen LogP contribution in [0.5, 0.6) is 0 Å². The molecule has 0 unspecified atom stereocenters. The van der Waals surface area contributed by atoms with Crippen LogP contribution in [-0.2, 0) is 9.53 Å². The first-order valence-corrected chi connectivity index (χ1v) is 6.60. The SMILES string of the molecule is CC(C)(C)OC(=O)NCC(=S)N1CCC[C@@H]1C(=O)O. The highest BCUT2D eigenvalue weighted by Gasteiger charge is 2.32. The van der Waals surface area contributed by atoms with Gasteiger partial charge in [0.25, 0.3) is 0 Å². The summed E-state index contributed by atoms with van der Waals surface area (Å²) in [5.74, 6) is -0.878. The maximum atomic E-state index is 11.5. The Morgan fingerprint density at radius 3 is 2.63 bits per heavy atom. The molecular weight excluding hydrogens is 268 g/mol. The second-order valence-electron chi connectivity index (χ2n) is 5.44. The number of carboxylic acid groups (broad SMARTS) is 1. The highest BCUT2D eigenvalue weighted by atomic mass is 32.1. The van der Waals surface area contributed by atoms with E-state index in [4.69, 9.17) is 22.1 Å². The fraction of sp³-hybridized carbons (Fsp3) is 0.750. The van der Waals surface area contributed by atoms with Gasteiger partial charge in [-0.2, -0.15) is 0 Å². The van der Waals surface area contributed by atoms with Gasteiger partial charge < -0.3 is 20.1 Å².